The van der Waals surface area contributed by atoms with Gasteiger partial charge in [-0.2, -0.15) is 0 Å². The lowest BCUT2D eigenvalue weighted by molar-refractivity contribution is -0.142. The maximum Gasteiger partial charge on any atom is 0.303 e. The zero-order valence-electron chi connectivity index (χ0n) is 7.30. The lowest BCUT2D eigenvalue weighted by Crippen LogP contribution is -2.33. The van der Waals surface area contributed by atoms with E-state index in [0.717, 1.165) is 19.3 Å². The van der Waals surface area contributed by atoms with Crippen molar-refractivity contribution < 1.29 is 14.7 Å². The Balaban J connectivity index is 2.50. The summed E-state index contributed by atoms with van der Waals surface area (Å²) in [5.41, 5.74) is -0.183. The molecule has 68 valence electrons. The molecule has 1 saturated carbocycles. The minimum atomic E-state index is -0.782. The Bertz CT molecular complexity index is 186. The quantitative estimate of drug-likeness (QED) is 0.697. The number of carboxylic acids is 1. The maximum absolute atomic E-state index is 10.8. The first kappa shape index (κ1) is 9.23. The van der Waals surface area contributed by atoms with Gasteiger partial charge in [0, 0.05) is 6.42 Å². The van der Waals surface area contributed by atoms with Gasteiger partial charge in [-0.25, -0.2) is 0 Å². The van der Waals surface area contributed by atoms with Crippen LogP contribution in [0.3, 0.4) is 0 Å². The zero-order valence-corrected chi connectivity index (χ0v) is 7.30. The smallest absolute Gasteiger partial charge is 0.303 e. The summed E-state index contributed by atoms with van der Waals surface area (Å²) in [5, 5.41) is 8.62. The highest BCUT2D eigenvalue weighted by atomic mass is 16.4. The van der Waals surface area contributed by atoms with E-state index in [0.29, 0.717) is 6.42 Å². The lowest BCUT2D eigenvalue weighted by Gasteiger charge is -2.40. The number of carbonyl (C=O) groups excluding carboxylic acids is 1. The van der Waals surface area contributed by atoms with Gasteiger partial charge in [-0.1, -0.05) is 6.42 Å². The van der Waals surface area contributed by atoms with E-state index >= 15 is 0 Å². The molecule has 12 heavy (non-hydrogen) atoms. The highest BCUT2D eigenvalue weighted by Crippen LogP contribution is 2.46. The molecule has 0 radical (unpaired) electrons. The Labute approximate surface area is 71.8 Å². The molecule has 1 fully saturated rings. The first-order chi connectivity index (χ1) is 5.54. The van der Waals surface area contributed by atoms with Gasteiger partial charge in [0.05, 0.1) is 6.42 Å². The molecule has 0 aromatic carbocycles. The van der Waals surface area contributed by atoms with Crippen molar-refractivity contribution in [1.29, 1.82) is 0 Å². The molecule has 3 nitrogen and oxygen atoms in total. The van der Waals surface area contributed by atoms with E-state index in [-0.39, 0.29) is 17.6 Å². The number of aliphatic carboxylic acids is 1. The molecule has 0 unspecified atom stereocenters. The van der Waals surface area contributed by atoms with Crippen molar-refractivity contribution in [3.63, 3.8) is 0 Å². The van der Waals surface area contributed by atoms with Crippen LogP contribution in [0.15, 0.2) is 0 Å². The van der Waals surface area contributed by atoms with Gasteiger partial charge >= 0.3 is 5.97 Å². The molecule has 0 bridgehead atoms. The molecule has 0 spiro atoms. The van der Waals surface area contributed by atoms with Gasteiger partial charge < -0.3 is 9.90 Å². The van der Waals surface area contributed by atoms with E-state index in [1.807, 2.05) is 0 Å². The van der Waals surface area contributed by atoms with Crippen molar-refractivity contribution >= 4 is 11.8 Å². The number of hydrogen-bond acceptors (Lipinski definition) is 2. The van der Waals surface area contributed by atoms with E-state index in [1.165, 1.54) is 6.92 Å². The number of carboxylic acid groups (broad SMARTS) is 1. The van der Waals surface area contributed by atoms with E-state index in [2.05, 4.69) is 0 Å². The Morgan fingerprint density at radius 1 is 1.33 bits per heavy atom. The second-order valence-electron chi connectivity index (χ2n) is 3.80. The van der Waals surface area contributed by atoms with Crippen molar-refractivity contribution in [2.75, 3.05) is 0 Å². The van der Waals surface area contributed by atoms with E-state index in [4.69, 9.17) is 5.11 Å². The Morgan fingerprint density at radius 3 is 2.17 bits per heavy atom. The summed E-state index contributed by atoms with van der Waals surface area (Å²) in [4.78, 5) is 21.3. The molecule has 0 saturated heterocycles. The first-order valence-corrected chi connectivity index (χ1v) is 4.25. The summed E-state index contributed by atoms with van der Waals surface area (Å²) in [6.45, 7) is 1.53. The molecule has 0 atom stereocenters. The molecular weight excluding hydrogens is 156 g/mol. The van der Waals surface area contributed by atoms with Crippen LogP contribution < -0.4 is 0 Å². The summed E-state index contributed by atoms with van der Waals surface area (Å²) in [7, 11) is 0. The summed E-state index contributed by atoms with van der Waals surface area (Å²) in [6.07, 6.45) is 3.48. The predicted molar refractivity (Wildman–Crippen MR) is 43.8 cm³/mol. The van der Waals surface area contributed by atoms with Crippen molar-refractivity contribution in [1.82, 2.24) is 0 Å². The third kappa shape index (κ3) is 2.06. The van der Waals surface area contributed by atoms with Crippen LogP contribution in [0.1, 0.15) is 39.0 Å². The number of Topliss-reactive ketones (excluding diaryl/α,β-unsaturated/α-hetero) is 1. The zero-order chi connectivity index (χ0) is 9.19. The molecular formula is C9H14O3. The fourth-order valence-corrected chi connectivity index (χ4v) is 1.94. The number of hydrogen-bond donors (Lipinski definition) is 1. The largest absolute Gasteiger partial charge is 0.481 e. The van der Waals surface area contributed by atoms with Crippen LogP contribution >= 0.6 is 0 Å². The van der Waals surface area contributed by atoms with Crippen molar-refractivity contribution in [2.45, 2.75) is 39.0 Å². The third-order valence-electron chi connectivity index (χ3n) is 2.56. The van der Waals surface area contributed by atoms with Crippen molar-refractivity contribution in [3.05, 3.63) is 0 Å². The summed E-state index contributed by atoms with van der Waals surface area (Å²) in [6, 6.07) is 0. The molecule has 0 amide bonds. The average molecular weight is 170 g/mol. The van der Waals surface area contributed by atoms with Crippen molar-refractivity contribution in [3.8, 4) is 0 Å². The van der Waals surface area contributed by atoms with Crippen LogP contribution in [0.5, 0.6) is 0 Å². The Morgan fingerprint density at radius 2 is 1.92 bits per heavy atom. The highest BCUT2D eigenvalue weighted by molar-refractivity contribution is 5.77. The Kier molecular flexibility index (Phi) is 2.50. The van der Waals surface area contributed by atoms with Crippen molar-refractivity contribution in [2.24, 2.45) is 5.41 Å². The minimum absolute atomic E-state index is 0.107. The summed E-state index contributed by atoms with van der Waals surface area (Å²) >= 11 is 0. The molecule has 1 aliphatic rings. The number of carbonyl (C=O) groups is 2. The van der Waals surface area contributed by atoms with Gasteiger partial charge in [0.1, 0.15) is 5.78 Å². The number of rotatable bonds is 4. The van der Waals surface area contributed by atoms with Gasteiger partial charge in [-0.15, -0.1) is 0 Å². The monoisotopic (exact) mass is 170 g/mol. The van der Waals surface area contributed by atoms with Crippen LogP contribution in [-0.2, 0) is 9.59 Å². The second-order valence-corrected chi connectivity index (χ2v) is 3.80. The van der Waals surface area contributed by atoms with Gasteiger partial charge in [0.2, 0.25) is 0 Å². The van der Waals surface area contributed by atoms with Crippen LogP contribution in [0.25, 0.3) is 0 Å². The SMILES string of the molecule is CC(=O)CC1(CC(=O)O)CCC1. The molecule has 1 aliphatic carbocycles. The topological polar surface area (TPSA) is 54.4 Å². The van der Waals surface area contributed by atoms with E-state index in [1.54, 1.807) is 0 Å². The van der Waals surface area contributed by atoms with E-state index in [9.17, 15) is 9.59 Å². The molecule has 0 heterocycles. The molecule has 1 N–H and O–H groups in total. The maximum atomic E-state index is 10.8. The van der Waals surface area contributed by atoms with Crippen LogP contribution in [0.2, 0.25) is 0 Å². The highest BCUT2D eigenvalue weighted by Gasteiger charge is 2.39. The second kappa shape index (κ2) is 3.25. The molecule has 1 rings (SSSR count). The van der Waals surface area contributed by atoms with Gasteiger partial charge in [0.15, 0.2) is 0 Å². The average Bonchev–Trinajstić information content (AvgIpc) is 1.80. The van der Waals surface area contributed by atoms with Crippen LogP contribution in [0.4, 0.5) is 0 Å². The summed E-state index contributed by atoms with van der Waals surface area (Å²) < 4.78 is 0. The van der Waals surface area contributed by atoms with Gasteiger partial charge in [-0.05, 0) is 25.2 Å². The lowest BCUT2D eigenvalue weighted by atomic mass is 9.64. The molecule has 3 heteroatoms. The standard InChI is InChI=1S/C9H14O3/c1-7(10)5-9(3-2-4-9)6-8(11)12/h2-6H2,1H3,(H,11,12). The molecule has 0 aromatic rings. The predicted octanol–water partition coefficient (Wildman–Crippen LogP) is 1.61. The van der Waals surface area contributed by atoms with Gasteiger partial charge in [-0.3, -0.25) is 4.79 Å². The molecule has 0 aromatic heterocycles. The Hall–Kier alpha value is -0.860. The normalized spacial score (nSPS) is 19.8. The fourth-order valence-electron chi connectivity index (χ4n) is 1.94. The summed E-state index contributed by atoms with van der Waals surface area (Å²) in [5.74, 6) is -0.674. The fraction of sp³-hybridized carbons (Fsp3) is 0.778. The van der Waals surface area contributed by atoms with E-state index < -0.39 is 5.97 Å². The minimum Gasteiger partial charge on any atom is -0.481 e. The first-order valence-electron chi connectivity index (χ1n) is 4.25. The molecule has 0 aliphatic heterocycles. The van der Waals surface area contributed by atoms with Gasteiger partial charge in [0.25, 0.3) is 0 Å². The number of ketones is 1. The third-order valence-corrected chi connectivity index (χ3v) is 2.56. The van der Waals surface area contributed by atoms with Crippen LogP contribution in [0, 0.1) is 5.41 Å². The van der Waals surface area contributed by atoms with Crippen LogP contribution in [-0.4, -0.2) is 16.9 Å².